The van der Waals surface area contributed by atoms with E-state index in [0.29, 0.717) is 0 Å². The molecule has 0 saturated carbocycles. The first kappa shape index (κ1) is 31.6. The van der Waals surface area contributed by atoms with E-state index in [0.717, 1.165) is 22.7 Å². The minimum atomic E-state index is 1.10. The van der Waals surface area contributed by atoms with Crippen molar-refractivity contribution in [1.29, 1.82) is 0 Å². The second kappa shape index (κ2) is 12.9. The normalized spacial score (nSPS) is 11.6. The van der Waals surface area contributed by atoms with E-state index in [4.69, 9.17) is 0 Å². The van der Waals surface area contributed by atoms with E-state index in [-0.39, 0.29) is 0 Å². The van der Waals surface area contributed by atoms with Crippen LogP contribution >= 0.6 is 11.3 Å². The Labute approximate surface area is 323 Å². The number of hydrogen-bond acceptors (Lipinski definition) is 2. The van der Waals surface area contributed by atoms with Crippen molar-refractivity contribution in [2.45, 2.75) is 0 Å². The van der Waals surface area contributed by atoms with Crippen LogP contribution < -0.4 is 4.90 Å². The van der Waals surface area contributed by atoms with Gasteiger partial charge in [0.1, 0.15) is 0 Å². The molecule has 0 atom stereocenters. The van der Waals surface area contributed by atoms with E-state index in [2.05, 4.69) is 216 Å². The van der Waals surface area contributed by atoms with E-state index >= 15 is 0 Å². The van der Waals surface area contributed by atoms with Crippen LogP contribution in [-0.2, 0) is 0 Å². The van der Waals surface area contributed by atoms with Crippen LogP contribution in [0.25, 0.3) is 80.7 Å². The van der Waals surface area contributed by atoms with Crippen LogP contribution in [0.2, 0.25) is 0 Å². The van der Waals surface area contributed by atoms with Gasteiger partial charge in [-0.05, 0) is 106 Å². The Hall–Kier alpha value is -6.94. The van der Waals surface area contributed by atoms with E-state index in [1.165, 1.54) is 75.0 Å². The summed E-state index contributed by atoms with van der Waals surface area (Å²) in [6, 6.07) is 75.2. The fraction of sp³-hybridized carbons (Fsp3) is 0. The fourth-order valence-electron chi connectivity index (χ4n) is 8.28. The number of para-hydroxylation sites is 2. The lowest BCUT2D eigenvalue weighted by molar-refractivity contribution is 1.18. The van der Waals surface area contributed by atoms with Crippen LogP contribution in [-0.4, -0.2) is 4.57 Å². The zero-order chi connectivity index (χ0) is 36.3. The minimum absolute atomic E-state index is 1.10. The SMILES string of the molecule is c1ccc(-n2c3ccccc3c3ccc(N(c4ccc(-c5ccc6ccccc6c5)cc4)c4ccc(-c5ccc6c(c5)sc5ccccc56)cc4)cc32)cc1. The number of hydrogen-bond donors (Lipinski definition) is 0. The Morgan fingerprint density at radius 1 is 0.327 bits per heavy atom. The van der Waals surface area contributed by atoms with Gasteiger partial charge >= 0.3 is 0 Å². The highest BCUT2D eigenvalue weighted by molar-refractivity contribution is 7.25. The van der Waals surface area contributed by atoms with E-state index in [9.17, 15) is 0 Å². The van der Waals surface area contributed by atoms with Gasteiger partial charge in [-0.2, -0.15) is 0 Å². The topological polar surface area (TPSA) is 8.17 Å². The number of fused-ring (bicyclic) bond motifs is 7. The molecular weight excluding hydrogens is 685 g/mol. The molecule has 0 bridgehead atoms. The molecule has 0 aliphatic rings. The molecule has 0 unspecified atom stereocenters. The summed E-state index contributed by atoms with van der Waals surface area (Å²) in [6.45, 7) is 0. The third kappa shape index (κ3) is 5.40. The number of benzene rings is 9. The molecule has 0 fully saturated rings. The van der Waals surface area contributed by atoms with Crippen molar-refractivity contribution in [2.75, 3.05) is 4.90 Å². The molecule has 0 spiro atoms. The van der Waals surface area contributed by atoms with Crippen LogP contribution in [0.3, 0.4) is 0 Å². The minimum Gasteiger partial charge on any atom is -0.310 e. The average Bonchev–Trinajstić information content (AvgIpc) is 3.79. The molecule has 2 aromatic heterocycles. The third-order valence-electron chi connectivity index (χ3n) is 11.0. The maximum absolute atomic E-state index is 2.39. The van der Waals surface area contributed by atoms with Crippen LogP contribution in [0.15, 0.2) is 206 Å². The van der Waals surface area contributed by atoms with E-state index in [1.54, 1.807) is 0 Å². The van der Waals surface area contributed by atoms with Crippen molar-refractivity contribution in [2.24, 2.45) is 0 Å². The van der Waals surface area contributed by atoms with Crippen LogP contribution in [0, 0.1) is 0 Å². The lowest BCUT2D eigenvalue weighted by Gasteiger charge is -2.26. The summed E-state index contributed by atoms with van der Waals surface area (Å²) >= 11 is 1.86. The molecule has 0 N–H and O–H groups in total. The van der Waals surface area contributed by atoms with E-state index in [1.807, 2.05) is 11.3 Å². The molecule has 55 heavy (non-hydrogen) atoms. The van der Waals surface area contributed by atoms with Crippen molar-refractivity contribution in [3.05, 3.63) is 206 Å². The number of aromatic nitrogens is 1. The number of rotatable bonds is 6. The molecule has 11 aromatic rings. The Balaban J connectivity index is 1.04. The smallest absolute Gasteiger partial charge is 0.0561 e. The van der Waals surface area contributed by atoms with Crippen LogP contribution in [0.4, 0.5) is 17.1 Å². The Morgan fingerprint density at radius 3 is 1.65 bits per heavy atom. The Kier molecular flexibility index (Phi) is 7.39. The summed E-state index contributed by atoms with van der Waals surface area (Å²) in [6.07, 6.45) is 0. The van der Waals surface area contributed by atoms with Gasteiger partial charge in [0.05, 0.1) is 11.0 Å². The largest absolute Gasteiger partial charge is 0.310 e. The van der Waals surface area contributed by atoms with Gasteiger partial charge in [-0.3, -0.25) is 0 Å². The van der Waals surface area contributed by atoms with Gasteiger partial charge in [-0.15, -0.1) is 11.3 Å². The molecule has 2 heterocycles. The van der Waals surface area contributed by atoms with Gasteiger partial charge in [0.15, 0.2) is 0 Å². The van der Waals surface area contributed by atoms with Gasteiger partial charge in [0.25, 0.3) is 0 Å². The van der Waals surface area contributed by atoms with Crippen molar-refractivity contribution < 1.29 is 0 Å². The molecule has 2 nitrogen and oxygen atoms in total. The fourth-order valence-corrected chi connectivity index (χ4v) is 9.43. The highest BCUT2D eigenvalue weighted by Gasteiger charge is 2.18. The zero-order valence-electron chi connectivity index (χ0n) is 29.9. The summed E-state index contributed by atoms with van der Waals surface area (Å²) in [5.74, 6) is 0. The zero-order valence-corrected chi connectivity index (χ0v) is 30.7. The summed E-state index contributed by atoms with van der Waals surface area (Å²) in [5.41, 5.74) is 11.7. The number of thiophene rings is 1. The van der Waals surface area contributed by atoms with E-state index < -0.39 is 0 Å². The number of nitrogens with zero attached hydrogens (tertiary/aromatic N) is 2. The molecule has 3 heteroatoms. The summed E-state index contributed by atoms with van der Waals surface area (Å²) < 4.78 is 5.04. The second-order valence-electron chi connectivity index (χ2n) is 14.2. The first-order valence-corrected chi connectivity index (χ1v) is 19.6. The van der Waals surface area contributed by atoms with Gasteiger partial charge in [-0.25, -0.2) is 0 Å². The Bertz CT molecular complexity index is 3190. The third-order valence-corrected chi connectivity index (χ3v) is 12.1. The van der Waals surface area contributed by atoms with Crippen LogP contribution in [0.1, 0.15) is 0 Å². The maximum Gasteiger partial charge on any atom is 0.0561 e. The quantitative estimate of drug-likeness (QED) is 0.166. The van der Waals surface area contributed by atoms with Crippen molar-refractivity contribution >= 4 is 81.1 Å². The predicted molar refractivity (Wildman–Crippen MR) is 237 cm³/mol. The van der Waals surface area contributed by atoms with Crippen molar-refractivity contribution in [1.82, 2.24) is 4.57 Å². The lowest BCUT2D eigenvalue weighted by Crippen LogP contribution is -2.10. The molecule has 11 rings (SSSR count). The highest BCUT2D eigenvalue weighted by atomic mass is 32.1. The molecular formula is C52H34N2S. The number of anilines is 3. The maximum atomic E-state index is 2.39. The van der Waals surface area contributed by atoms with Gasteiger partial charge in [0.2, 0.25) is 0 Å². The average molecular weight is 719 g/mol. The molecule has 0 aliphatic carbocycles. The van der Waals surface area contributed by atoms with Crippen molar-refractivity contribution in [3.63, 3.8) is 0 Å². The first-order valence-electron chi connectivity index (χ1n) is 18.7. The van der Waals surface area contributed by atoms with Gasteiger partial charge in [0, 0.05) is 53.7 Å². The molecule has 0 saturated heterocycles. The van der Waals surface area contributed by atoms with Crippen LogP contribution in [0.5, 0.6) is 0 Å². The monoisotopic (exact) mass is 718 g/mol. The standard InChI is InChI=1S/C52H34N2S/c1-2-12-41(13-3-1)54-49-16-8-6-14-45(49)46-31-29-44(34-50(46)54)53(42-25-20-36(21-26-42)39-19-18-35-10-4-5-11-38(35)32-39)43-27-22-37(23-28-43)40-24-30-48-47-15-7-9-17-51(47)55-52(48)33-40/h1-34H. The first-order chi connectivity index (χ1) is 27.2. The molecule has 0 amide bonds. The molecule has 258 valence electrons. The second-order valence-corrected chi connectivity index (χ2v) is 15.3. The molecule has 9 aromatic carbocycles. The summed E-state index contributed by atoms with van der Waals surface area (Å²) in [7, 11) is 0. The Morgan fingerprint density at radius 2 is 0.873 bits per heavy atom. The predicted octanol–water partition coefficient (Wildman–Crippen LogP) is 15.1. The van der Waals surface area contributed by atoms with Gasteiger partial charge < -0.3 is 9.47 Å². The summed E-state index contributed by atoms with van der Waals surface area (Å²) in [4.78, 5) is 2.38. The molecule has 0 aliphatic heterocycles. The van der Waals surface area contributed by atoms with Crippen molar-refractivity contribution in [3.8, 4) is 27.9 Å². The summed E-state index contributed by atoms with van der Waals surface area (Å²) in [5, 5.41) is 7.64. The lowest BCUT2D eigenvalue weighted by atomic mass is 10.0. The molecule has 0 radical (unpaired) electrons. The highest BCUT2D eigenvalue weighted by Crippen LogP contribution is 2.42. The van der Waals surface area contributed by atoms with Gasteiger partial charge in [-0.1, -0.05) is 133 Å².